The normalized spacial score (nSPS) is 10.7. The molecule has 0 spiro atoms. The van der Waals surface area contributed by atoms with E-state index in [0.29, 0.717) is 5.56 Å². The highest BCUT2D eigenvalue weighted by Crippen LogP contribution is 2.40. The van der Waals surface area contributed by atoms with E-state index in [4.69, 9.17) is 0 Å². The second kappa shape index (κ2) is 6.56. The van der Waals surface area contributed by atoms with Crippen molar-refractivity contribution in [2.75, 3.05) is 0 Å². The number of benzene rings is 2. The zero-order valence-corrected chi connectivity index (χ0v) is 14.4. The minimum atomic E-state index is 0.710. The van der Waals surface area contributed by atoms with Gasteiger partial charge in [-0.2, -0.15) is 0 Å². The van der Waals surface area contributed by atoms with Crippen molar-refractivity contribution in [3.05, 3.63) is 84.4 Å². The van der Waals surface area contributed by atoms with Crippen LogP contribution in [0.15, 0.2) is 78.9 Å². The Hall–Kier alpha value is -2.49. The lowest BCUT2D eigenvalue weighted by Gasteiger charge is -1.97. The van der Waals surface area contributed by atoms with E-state index in [9.17, 15) is 4.79 Å². The summed E-state index contributed by atoms with van der Waals surface area (Å²) in [7, 11) is 0. The van der Waals surface area contributed by atoms with Crippen LogP contribution in [-0.2, 0) is 0 Å². The number of hydrogen-bond donors (Lipinski definition) is 0. The van der Waals surface area contributed by atoms with Crippen LogP contribution in [0, 0.1) is 0 Å². The van der Waals surface area contributed by atoms with E-state index in [-0.39, 0.29) is 0 Å². The molecule has 24 heavy (non-hydrogen) atoms. The van der Waals surface area contributed by atoms with Gasteiger partial charge in [-0.05, 0) is 35.4 Å². The molecule has 0 amide bonds. The van der Waals surface area contributed by atoms with Gasteiger partial charge in [-0.25, -0.2) is 0 Å². The Bertz CT molecular complexity index is 963. The van der Waals surface area contributed by atoms with Crippen LogP contribution in [0.3, 0.4) is 0 Å². The summed E-state index contributed by atoms with van der Waals surface area (Å²) < 4.78 is 0. The van der Waals surface area contributed by atoms with E-state index in [1.807, 2.05) is 41.7 Å². The quantitative estimate of drug-likeness (QED) is 0.379. The van der Waals surface area contributed by atoms with Crippen LogP contribution in [-0.4, -0.2) is 6.29 Å². The van der Waals surface area contributed by atoms with Gasteiger partial charge in [0.2, 0.25) is 0 Å². The van der Waals surface area contributed by atoms with E-state index < -0.39 is 0 Å². The molecule has 0 N–H and O–H groups in total. The van der Waals surface area contributed by atoms with Crippen molar-refractivity contribution in [2.24, 2.45) is 0 Å². The van der Waals surface area contributed by atoms with Crippen LogP contribution in [0.2, 0.25) is 0 Å². The van der Waals surface area contributed by atoms with E-state index in [1.54, 1.807) is 11.3 Å². The van der Waals surface area contributed by atoms with Gasteiger partial charge in [-0.15, -0.1) is 22.7 Å². The summed E-state index contributed by atoms with van der Waals surface area (Å²) in [6.45, 7) is 0. The molecule has 0 unspecified atom stereocenters. The van der Waals surface area contributed by atoms with Crippen molar-refractivity contribution in [3.8, 4) is 30.6 Å². The second-order valence-electron chi connectivity index (χ2n) is 5.43. The predicted molar refractivity (Wildman–Crippen MR) is 104 cm³/mol. The summed E-state index contributed by atoms with van der Waals surface area (Å²) in [5.74, 6) is 0. The topological polar surface area (TPSA) is 17.1 Å². The first-order chi connectivity index (χ1) is 11.8. The third-order valence-corrected chi connectivity index (χ3v) is 6.31. The monoisotopic (exact) mass is 346 g/mol. The van der Waals surface area contributed by atoms with Crippen LogP contribution in [0.4, 0.5) is 0 Å². The van der Waals surface area contributed by atoms with Crippen LogP contribution in [0.25, 0.3) is 30.6 Å². The Kier molecular flexibility index (Phi) is 4.11. The van der Waals surface area contributed by atoms with E-state index >= 15 is 0 Å². The van der Waals surface area contributed by atoms with E-state index in [1.165, 1.54) is 25.1 Å². The van der Waals surface area contributed by atoms with Gasteiger partial charge in [-0.3, -0.25) is 4.79 Å². The smallest absolute Gasteiger partial charge is 0.150 e. The Balaban J connectivity index is 1.63. The summed E-state index contributed by atoms with van der Waals surface area (Å²) in [5, 5.41) is 0. The maximum absolute atomic E-state index is 10.8. The highest BCUT2D eigenvalue weighted by molar-refractivity contribution is 7.25. The minimum Gasteiger partial charge on any atom is -0.298 e. The molecule has 0 saturated carbocycles. The molecule has 0 bridgehead atoms. The number of rotatable bonds is 4. The van der Waals surface area contributed by atoms with Gasteiger partial charge in [0.25, 0.3) is 0 Å². The van der Waals surface area contributed by atoms with Crippen LogP contribution < -0.4 is 0 Å². The number of carbonyl (C=O) groups is 1. The lowest BCUT2D eigenvalue weighted by Crippen LogP contribution is -1.78. The third kappa shape index (κ3) is 2.96. The maximum atomic E-state index is 10.8. The fourth-order valence-electron chi connectivity index (χ4n) is 2.58. The van der Waals surface area contributed by atoms with Gasteiger partial charge in [0, 0.05) is 25.1 Å². The van der Waals surface area contributed by atoms with Crippen molar-refractivity contribution in [1.82, 2.24) is 0 Å². The summed E-state index contributed by atoms with van der Waals surface area (Å²) in [4.78, 5) is 15.8. The molecule has 0 aliphatic rings. The molecule has 4 rings (SSSR count). The van der Waals surface area contributed by atoms with Crippen LogP contribution in [0.1, 0.15) is 10.4 Å². The molecule has 4 aromatic rings. The molecule has 0 saturated heterocycles. The highest BCUT2D eigenvalue weighted by Gasteiger charge is 2.08. The summed E-state index contributed by atoms with van der Waals surface area (Å²) >= 11 is 3.60. The molecule has 0 atom stereocenters. The number of thiophene rings is 2. The van der Waals surface area contributed by atoms with Crippen molar-refractivity contribution in [3.63, 3.8) is 0 Å². The molecule has 2 heterocycles. The molecule has 1 nitrogen and oxygen atoms in total. The Morgan fingerprint density at radius 3 is 1.58 bits per heavy atom. The van der Waals surface area contributed by atoms with Gasteiger partial charge < -0.3 is 0 Å². The van der Waals surface area contributed by atoms with Gasteiger partial charge in [0.05, 0.1) is 0 Å². The zero-order valence-electron chi connectivity index (χ0n) is 12.8. The molecule has 0 aliphatic carbocycles. The minimum absolute atomic E-state index is 0.710. The highest BCUT2D eigenvalue weighted by atomic mass is 32.1. The molecule has 2 aromatic carbocycles. The molecule has 0 aliphatic heterocycles. The number of carbonyl (C=O) groups excluding carboxylic acids is 1. The average molecular weight is 346 g/mol. The summed E-state index contributed by atoms with van der Waals surface area (Å²) in [6.07, 6.45) is 0.875. The van der Waals surface area contributed by atoms with Gasteiger partial charge in [0.1, 0.15) is 6.29 Å². The summed E-state index contributed by atoms with van der Waals surface area (Å²) in [6, 6.07) is 26.9. The first kappa shape index (κ1) is 15.1. The molecule has 0 fully saturated rings. The first-order valence-corrected chi connectivity index (χ1v) is 9.28. The van der Waals surface area contributed by atoms with Gasteiger partial charge in [-0.1, -0.05) is 54.6 Å². The maximum Gasteiger partial charge on any atom is 0.150 e. The Labute approximate surface area is 148 Å². The number of hydrogen-bond acceptors (Lipinski definition) is 3. The van der Waals surface area contributed by atoms with Crippen molar-refractivity contribution in [1.29, 1.82) is 0 Å². The average Bonchev–Trinajstić information content (AvgIpc) is 3.32. The summed E-state index contributed by atoms with van der Waals surface area (Å²) in [5.41, 5.74) is 3.12. The standard InChI is InChI=1S/C21H14OS2/c22-14-15-6-8-17(9-7-15)19-11-13-21(24-19)20-12-10-18(23-20)16-4-2-1-3-5-16/h1-14H. The molecule has 2 aromatic heterocycles. The Morgan fingerprint density at radius 2 is 1.04 bits per heavy atom. The fraction of sp³-hybridized carbons (Fsp3) is 0. The molecule has 3 heteroatoms. The molecular formula is C21H14OS2. The third-order valence-electron chi connectivity index (χ3n) is 3.84. The van der Waals surface area contributed by atoms with Gasteiger partial charge >= 0.3 is 0 Å². The molecule has 0 radical (unpaired) electrons. The Morgan fingerprint density at radius 1 is 0.542 bits per heavy atom. The van der Waals surface area contributed by atoms with Crippen LogP contribution in [0.5, 0.6) is 0 Å². The SMILES string of the molecule is O=Cc1ccc(-c2ccc(-c3ccc(-c4ccccc4)s3)s2)cc1. The molecule has 116 valence electrons. The lowest BCUT2D eigenvalue weighted by molar-refractivity contribution is 0.112. The van der Waals surface area contributed by atoms with Gasteiger partial charge in [0.15, 0.2) is 0 Å². The predicted octanol–water partition coefficient (Wildman–Crippen LogP) is 6.62. The van der Waals surface area contributed by atoms with E-state index in [0.717, 1.165) is 11.8 Å². The van der Waals surface area contributed by atoms with Crippen molar-refractivity contribution in [2.45, 2.75) is 0 Å². The fourth-order valence-corrected chi connectivity index (χ4v) is 4.69. The first-order valence-electron chi connectivity index (χ1n) is 7.64. The lowest BCUT2D eigenvalue weighted by atomic mass is 10.1. The number of aldehydes is 1. The van der Waals surface area contributed by atoms with Crippen molar-refractivity contribution < 1.29 is 4.79 Å². The zero-order chi connectivity index (χ0) is 16.4. The molecular weight excluding hydrogens is 332 g/mol. The second-order valence-corrected chi connectivity index (χ2v) is 7.60. The van der Waals surface area contributed by atoms with Crippen LogP contribution >= 0.6 is 22.7 Å². The largest absolute Gasteiger partial charge is 0.298 e. The van der Waals surface area contributed by atoms with Crippen molar-refractivity contribution >= 4 is 29.0 Å². The van der Waals surface area contributed by atoms with E-state index in [2.05, 4.69) is 48.5 Å².